The van der Waals surface area contributed by atoms with Crippen LogP contribution in [0.1, 0.15) is 36.5 Å². The van der Waals surface area contributed by atoms with Gasteiger partial charge in [-0.3, -0.25) is 0 Å². The van der Waals surface area contributed by atoms with Crippen molar-refractivity contribution < 1.29 is 26.3 Å². The van der Waals surface area contributed by atoms with Gasteiger partial charge >= 0.3 is 6.18 Å². The molecule has 2 aromatic carbocycles. The smallest absolute Gasteiger partial charge is 0.374 e. The number of nitrogens with one attached hydrogen (secondary N) is 1. The van der Waals surface area contributed by atoms with Crippen LogP contribution in [0.5, 0.6) is 0 Å². The SMILES string of the molecule is CS(=O)(=O)c1c(C(F)(F)F)ccc(-c2ccc(C3CCCCO3)cc2)c1-c1nn[nH]n1. The van der Waals surface area contributed by atoms with Crippen molar-refractivity contribution in [1.29, 1.82) is 0 Å². The van der Waals surface area contributed by atoms with Crippen LogP contribution in [0.4, 0.5) is 13.2 Å². The van der Waals surface area contributed by atoms with E-state index in [1.807, 2.05) is 12.1 Å². The highest BCUT2D eigenvalue weighted by atomic mass is 32.2. The normalized spacial score (nSPS) is 17.6. The number of nitrogens with zero attached hydrogens (tertiary/aromatic N) is 3. The van der Waals surface area contributed by atoms with Crippen LogP contribution in [-0.2, 0) is 20.8 Å². The van der Waals surface area contributed by atoms with Gasteiger partial charge < -0.3 is 4.74 Å². The van der Waals surface area contributed by atoms with Crippen molar-refractivity contribution in [1.82, 2.24) is 20.6 Å². The zero-order valence-electron chi connectivity index (χ0n) is 16.5. The molecule has 1 unspecified atom stereocenters. The third-order valence-corrected chi connectivity index (χ3v) is 6.34. The fraction of sp³-hybridized carbons (Fsp3) is 0.350. The maximum Gasteiger partial charge on any atom is 0.417 e. The van der Waals surface area contributed by atoms with Gasteiger partial charge in [-0.25, -0.2) is 8.42 Å². The van der Waals surface area contributed by atoms with Crippen LogP contribution in [-0.4, -0.2) is 41.9 Å². The molecule has 4 rings (SSSR count). The van der Waals surface area contributed by atoms with Gasteiger partial charge in [-0.15, -0.1) is 10.2 Å². The van der Waals surface area contributed by atoms with Crippen LogP contribution < -0.4 is 0 Å². The second kappa shape index (κ2) is 8.04. The molecule has 2 heterocycles. The quantitative estimate of drug-likeness (QED) is 0.637. The second-order valence-corrected chi connectivity index (χ2v) is 9.30. The number of sulfone groups is 1. The minimum atomic E-state index is -4.88. The van der Waals surface area contributed by atoms with E-state index >= 15 is 0 Å². The molecular formula is C20H19F3N4O3S. The summed E-state index contributed by atoms with van der Waals surface area (Å²) >= 11 is 0. The van der Waals surface area contributed by atoms with E-state index in [2.05, 4.69) is 20.6 Å². The number of rotatable bonds is 4. The first-order valence-electron chi connectivity index (χ1n) is 9.56. The molecule has 1 fully saturated rings. The maximum atomic E-state index is 13.7. The van der Waals surface area contributed by atoms with E-state index in [4.69, 9.17) is 4.74 Å². The fourth-order valence-corrected chi connectivity index (χ4v) is 4.96. The largest absolute Gasteiger partial charge is 0.417 e. The van der Waals surface area contributed by atoms with Crippen molar-refractivity contribution in [3.8, 4) is 22.5 Å². The number of aromatic amines is 1. The summed E-state index contributed by atoms with van der Waals surface area (Å²) in [5.74, 6) is -0.235. The minimum Gasteiger partial charge on any atom is -0.374 e. The molecule has 1 aliphatic rings. The number of H-pyrrole nitrogens is 1. The summed E-state index contributed by atoms with van der Waals surface area (Å²) in [6, 6.07) is 9.13. The third kappa shape index (κ3) is 4.33. The molecule has 164 valence electrons. The predicted molar refractivity (Wildman–Crippen MR) is 106 cm³/mol. The molecule has 1 aromatic heterocycles. The molecule has 0 saturated carbocycles. The monoisotopic (exact) mass is 452 g/mol. The lowest BCUT2D eigenvalue weighted by atomic mass is 9.94. The Hall–Kier alpha value is -2.79. The van der Waals surface area contributed by atoms with Crippen molar-refractivity contribution in [2.45, 2.75) is 36.4 Å². The molecule has 0 bridgehead atoms. The van der Waals surface area contributed by atoms with Gasteiger partial charge in [0.2, 0.25) is 5.82 Å². The van der Waals surface area contributed by atoms with Crippen LogP contribution in [0, 0.1) is 0 Å². The first-order chi connectivity index (χ1) is 14.7. The van der Waals surface area contributed by atoms with E-state index in [0.717, 1.165) is 37.1 Å². The molecule has 11 heteroatoms. The molecular weight excluding hydrogens is 433 g/mol. The number of aromatic nitrogens is 4. The molecule has 3 aromatic rings. The van der Waals surface area contributed by atoms with Crippen LogP contribution in [0.2, 0.25) is 0 Å². The van der Waals surface area contributed by atoms with Crippen molar-refractivity contribution in [2.75, 3.05) is 12.9 Å². The van der Waals surface area contributed by atoms with Crippen molar-refractivity contribution >= 4 is 9.84 Å². The lowest BCUT2D eigenvalue weighted by Crippen LogP contribution is -2.15. The third-order valence-electron chi connectivity index (χ3n) is 5.18. The Bertz CT molecular complexity index is 1170. The lowest BCUT2D eigenvalue weighted by molar-refractivity contribution is -0.139. The number of tetrazole rings is 1. The summed E-state index contributed by atoms with van der Waals surface area (Å²) in [5, 5.41) is 13.1. The molecule has 1 aliphatic heterocycles. The van der Waals surface area contributed by atoms with E-state index in [9.17, 15) is 21.6 Å². The molecule has 7 nitrogen and oxygen atoms in total. The van der Waals surface area contributed by atoms with Crippen molar-refractivity contribution in [3.63, 3.8) is 0 Å². The van der Waals surface area contributed by atoms with Crippen molar-refractivity contribution in [2.24, 2.45) is 0 Å². The Labute approximate surface area is 176 Å². The number of hydrogen-bond acceptors (Lipinski definition) is 6. The maximum absolute atomic E-state index is 13.7. The van der Waals surface area contributed by atoms with E-state index in [1.165, 1.54) is 6.07 Å². The Morgan fingerprint density at radius 3 is 2.39 bits per heavy atom. The minimum absolute atomic E-state index is 0.0290. The van der Waals surface area contributed by atoms with Gasteiger partial charge in [0.05, 0.1) is 22.1 Å². The Kier molecular flexibility index (Phi) is 5.56. The molecule has 1 N–H and O–H groups in total. The summed E-state index contributed by atoms with van der Waals surface area (Å²) in [5.41, 5.74) is 0.224. The van der Waals surface area contributed by atoms with Crippen LogP contribution in [0.3, 0.4) is 0 Å². The number of alkyl halides is 3. The van der Waals surface area contributed by atoms with E-state index in [1.54, 1.807) is 12.1 Å². The van der Waals surface area contributed by atoms with E-state index < -0.39 is 26.5 Å². The molecule has 1 saturated heterocycles. The molecule has 31 heavy (non-hydrogen) atoms. The summed E-state index contributed by atoms with van der Waals surface area (Å²) in [6.45, 7) is 0.686. The molecule has 0 spiro atoms. The summed E-state index contributed by atoms with van der Waals surface area (Å²) in [6.07, 6.45) is -1.20. The number of hydrogen-bond donors (Lipinski definition) is 1. The van der Waals surface area contributed by atoms with Crippen LogP contribution in [0.15, 0.2) is 41.3 Å². The lowest BCUT2D eigenvalue weighted by Gasteiger charge is -2.23. The fourth-order valence-electron chi connectivity index (χ4n) is 3.80. The summed E-state index contributed by atoms with van der Waals surface area (Å²) < 4.78 is 71.6. The highest BCUT2D eigenvalue weighted by Gasteiger charge is 2.39. The highest BCUT2D eigenvalue weighted by Crippen LogP contribution is 2.43. The highest BCUT2D eigenvalue weighted by molar-refractivity contribution is 7.91. The molecule has 0 amide bonds. The number of halogens is 3. The van der Waals surface area contributed by atoms with E-state index in [-0.39, 0.29) is 23.1 Å². The zero-order valence-corrected chi connectivity index (χ0v) is 17.3. The molecule has 1 atom stereocenters. The van der Waals surface area contributed by atoms with Crippen LogP contribution in [0.25, 0.3) is 22.5 Å². The van der Waals surface area contributed by atoms with Gasteiger partial charge in [-0.05, 0) is 47.2 Å². The van der Waals surface area contributed by atoms with Gasteiger partial charge in [0, 0.05) is 12.9 Å². The van der Waals surface area contributed by atoms with Gasteiger partial charge in [0.25, 0.3) is 0 Å². The van der Waals surface area contributed by atoms with Gasteiger partial charge in [-0.1, -0.05) is 30.3 Å². The Morgan fingerprint density at radius 2 is 1.84 bits per heavy atom. The zero-order chi connectivity index (χ0) is 22.2. The molecule has 0 radical (unpaired) electrons. The standard InChI is InChI=1S/C20H19F3N4O3S/c1-31(28,29)18-15(20(21,22)23)10-9-14(17(18)19-24-26-27-25-19)12-5-7-13(8-6-12)16-4-2-3-11-30-16/h5-10,16H,2-4,11H2,1H3,(H,24,25,26,27). The number of benzene rings is 2. The first kappa shape index (κ1) is 21.4. The average molecular weight is 452 g/mol. The topological polar surface area (TPSA) is 97.8 Å². The number of ether oxygens (including phenoxy) is 1. The second-order valence-electron chi connectivity index (χ2n) is 7.35. The Balaban J connectivity index is 1.90. The summed E-state index contributed by atoms with van der Waals surface area (Å²) in [4.78, 5) is -0.876. The molecule has 0 aliphatic carbocycles. The summed E-state index contributed by atoms with van der Waals surface area (Å²) in [7, 11) is -4.29. The van der Waals surface area contributed by atoms with Gasteiger partial charge in [0.15, 0.2) is 9.84 Å². The van der Waals surface area contributed by atoms with Gasteiger partial charge in [-0.2, -0.15) is 18.4 Å². The average Bonchev–Trinajstić information content (AvgIpc) is 3.27. The predicted octanol–water partition coefficient (Wildman–Crippen LogP) is 4.20. The van der Waals surface area contributed by atoms with Crippen molar-refractivity contribution in [3.05, 3.63) is 47.5 Å². The van der Waals surface area contributed by atoms with Gasteiger partial charge in [0.1, 0.15) is 0 Å². The van der Waals surface area contributed by atoms with E-state index in [0.29, 0.717) is 12.2 Å². The van der Waals surface area contributed by atoms with Crippen LogP contribution >= 0.6 is 0 Å². The Morgan fingerprint density at radius 1 is 1.10 bits per heavy atom. The first-order valence-corrected chi connectivity index (χ1v) is 11.5.